The molecule has 0 radical (unpaired) electrons. The molecular weight excluding hydrogens is 616 g/mol. The van der Waals surface area contributed by atoms with Crippen molar-refractivity contribution in [3.8, 4) is 11.8 Å². The number of nitrogens with zero attached hydrogens (tertiary/aromatic N) is 2. The fourth-order valence-electron chi connectivity index (χ4n) is 5.93. The van der Waals surface area contributed by atoms with E-state index in [1.807, 2.05) is 50.2 Å². The summed E-state index contributed by atoms with van der Waals surface area (Å²) < 4.78 is 33.9. The van der Waals surface area contributed by atoms with Crippen molar-refractivity contribution >= 4 is 43.1 Å². The number of methoxy groups -OCH3 is 1. The quantitative estimate of drug-likeness (QED) is 0.275. The highest BCUT2D eigenvalue weighted by atomic mass is 79.9. The lowest BCUT2D eigenvalue weighted by Crippen LogP contribution is -2.34. The van der Waals surface area contributed by atoms with Gasteiger partial charge in [-0.05, 0) is 83.4 Å². The smallest absolute Gasteiger partial charge is 0.234 e. The average Bonchev–Trinajstić information content (AvgIpc) is 2.95. The zero-order valence-corrected chi connectivity index (χ0v) is 27.3. The van der Waals surface area contributed by atoms with Crippen molar-refractivity contribution in [3.05, 3.63) is 74.5 Å². The molecule has 1 heterocycles. The molecule has 2 unspecified atom stereocenters. The molecule has 0 spiro atoms. The molecule has 0 fully saturated rings. The molecular formula is C32H39BrN4O4S. The van der Waals surface area contributed by atoms with Crippen LogP contribution < -0.4 is 19.7 Å². The van der Waals surface area contributed by atoms with E-state index in [0.29, 0.717) is 51.9 Å². The van der Waals surface area contributed by atoms with Crippen molar-refractivity contribution in [2.24, 2.45) is 5.92 Å². The van der Waals surface area contributed by atoms with Gasteiger partial charge in [0.15, 0.2) is 5.78 Å². The van der Waals surface area contributed by atoms with Gasteiger partial charge in [-0.15, -0.1) is 0 Å². The molecule has 1 aliphatic heterocycles. The first-order valence-corrected chi connectivity index (χ1v) is 16.8. The van der Waals surface area contributed by atoms with Crippen molar-refractivity contribution in [1.82, 2.24) is 5.32 Å². The largest absolute Gasteiger partial charge is 0.497 e. The van der Waals surface area contributed by atoms with E-state index in [-0.39, 0.29) is 17.5 Å². The number of carbonyl (C=O) groups excluding carboxylic acids is 1. The minimum atomic E-state index is -3.64. The fraction of sp³-hybridized carbons (Fsp3) is 0.438. The zero-order valence-electron chi connectivity index (χ0n) is 24.9. The summed E-state index contributed by atoms with van der Waals surface area (Å²) in [6.07, 6.45) is 3.63. The highest BCUT2D eigenvalue weighted by Crippen LogP contribution is 2.47. The normalized spacial score (nSPS) is 18.7. The molecule has 0 saturated carbocycles. The summed E-state index contributed by atoms with van der Waals surface area (Å²) in [5, 5.41) is 17.0. The number of carbonyl (C=O) groups is 1. The van der Waals surface area contributed by atoms with Crippen LogP contribution in [-0.2, 0) is 21.4 Å². The van der Waals surface area contributed by atoms with E-state index >= 15 is 0 Å². The number of nitrogens with one attached hydrogen (secondary N) is 2. The third-order valence-corrected chi connectivity index (χ3v) is 10.6. The molecule has 1 aliphatic carbocycles. The van der Waals surface area contributed by atoms with E-state index in [1.165, 1.54) is 4.31 Å². The van der Waals surface area contributed by atoms with E-state index in [1.54, 1.807) is 14.2 Å². The van der Waals surface area contributed by atoms with Gasteiger partial charge >= 0.3 is 0 Å². The number of halogens is 1. The number of ether oxygens (including phenoxy) is 1. The van der Waals surface area contributed by atoms with Crippen LogP contribution >= 0.6 is 15.9 Å². The van der Waals surface area contributed by atoms with Crippen LogP contribution in [0.25, 0.3) is 0 Å². The lowest BCUT2D eigenvalue weighted by Gasteiger charge is -2.36. The number of benzene rings is 2. The molecule has 2 N–H and O–H groups in total. The zero-order chi connectivity index (χ0) is 30.6. The van der Waals surface area contributed by atoms with Gasteiger partial charge in [0, 0.05) is 41.5 Å². The summed E-state index contributed by atoms with van der Waals surface area (Å²) in [7, 11) is -0.475. The van der Waals surface area contributed by atoms with Crippen LogP contribution in [-0.4, -0.2) is 34.1 Å². The number of sulfonamides is 1. The Hall–Kier alpha value is -3.29. The number of allylic oxidation sites excluding steroid dienone is 4. The van der Waals surface area contributed by atoms with Crippen LogP contribution in [0, 0.1) is 17.2 Å². The summed E-state index contributed by atoms with van der Waals surface area (Å²) in [6.45, 7) is 6.24. The van der Waals surface area contributed by atoms with Crippen molar-refractivity contribution < 1.29 is 17.9 Å². The molecule has 2 aliphatic rings. The number of anilines is 2. The van der Waals surface area contributed by atoms with Crippen LogP contribution in [0.15, 0.2) is 63.4 Å². The van der Waals surface area contributed by atoms with E-state index < -0.39 is 15.9 Å². The number of Topliss-reactive ketones (excluding diaryl/α,β-unsaturated/α-hetero) is 1. The first-order chi connectivity index (χ1) is 20.0. The summed E-state index contributed by atoms with van der Waals surface area (Å²) in [6, 6.07) is 13.7. The first kappa shape index (κ1) is 31.6. The molecule has 0 aromatic heterocycles. The second kappa shape index (κ2) is 13.3. The third kappa shape index (κ3) is 6.52. The average molecular weight is 656 g/mol. The number of rotatable bonds is 11. The lowest BCUT2D eigenvalue weighted by atomic mass is 9.72. The van der Waals surface area contributed by atoms with E-state index in [2.05, 4.69) is 39.6 Å². The second-order valence-electron chi connectivity index (χ2n) is 11.0. The number of hydrogen-bond acceptors (Lipinski definition) is 7. The molecule has 0 saturated heterocycles. The minimum absolute atomic E-state index is 0.0108. The van der Waals surface area contributed by atoms with E-state index in [0.717, 1.165) is 42.0 Å². The summed E-state index contributed by atoms with van der Waals surface area (Å²) in [5.41, 5.74) is 5.36. The summed E-state index contributed by atoms with van der Waals surface area (Å²) in [5.74, 6) is 0.430. The molecule has 10 heteroatoms. The predicted molar refractivity (Wildman–Crippen MR) is 171 cm³/mol. The topological polar surface area (TPSA) is 112 Å². The number of dihydropyridines is 1. The van der Waals surface area contributed by atoms with Crippen LogP contribution in [0.5, 0.6) is 5.75 Å². The van der Waals surface area contributed by atoms with Crippen molar-refractivity contribution in [3.63, 3.8) is 0 Å². The molecule has 42 heavy (non-hydrogen) atoms. The first-order valence-electron chi connectivity index (χ1n) is 14.3. The van der Waals surface area contributed by atoms with Gasteiger partial charge < -0.3 is 15.4 Å². The highest BCUT2D eigenvalue weighted by molar-refractivity contribution is 9.10. The molecule has 2 aromatic rings. The van der Waals surface area contributed by atoms with E-state index in [4.69, 9.17) is 4.74 Å². The standard InChI is InChI=1S/C32H39BrN4O4S/c1-6-9-21-14-27-31(29(38)15-21)30(25(18-34)20(3)36-27)23-16-26(33)32(28(17-23)37(4)42(39,40)12-7-2)35-19-22-10-8-11-24(13-22)41-5/h8,10-11,13,16-17,21,30,35-36H,6-7,9,12,14-15,19H2,1-5H3. The molecule has 2 aromatic carbocycles. The number of hydrogen-bond donors (Lipinski definition) is 2. The fourth-order valence-corrected chi connectivity index (χ4v) is 7.77. The monoisotopic (exact) mass is 654 g/mol. The lowest BCUT2D eigenvalue weighted by molar-refractivity contribution is -0.117. The van der Waals surface area contributed by atoms with Crippen LogP contribution in [0.3, 0.4) is 0 Å². The molecule has 2 atom stereocenters. The molecule has 0 bridgehead atoms. The molecule has 0 amide bonds. The van der Waals surface area contributed by atoms with E-state index in [9.17, 15) is 18.5 Å². The van der Waals surface area contributed by atoms with Crippen molar-refractivity contribution in [2.45, 2.75) is 65.3 Å². The molecule has 4 rings (SSSR count). The summed E-state index contributed by atoms with van der Waals surface area (Å²) >= 11 is 3.71. The van der Waals surface area contributed by atoms with Gasteiger partial charge in [-0.25, -0.2) is 8.42 Å². The van der Waals surface area contributed by atoms with Gasteiger partial charge in [-0.2, -0.15) is 5.26 Å². The van der Waals surface area contributed by atoms with Crippen molar-refractivity contribution in [2.75, 3.05) is 29.5 Å². The maximum atomic E-state index is 13.6. The van der Waals surface area contributed by atoms with Crippen LogP contribution in [0.2, 0.25) is 0 Å². The number of ketones is 1. The van der Waals surface area contributed by atoms with Gasteiger partial charge in [-0.3, -0.25) is 9.10 Å². The SMILES string of the molecule is CCCC1CC(=O)C2=C(C1)NC(C)=C(C#N)C2c1cc(Br)c(NCc2cccc(OC)c2)c(N(C)S(=O)(=O)CCC)c1. The Morgan fingerprint density at radius 1 is 1.19 bits per heavy atom. The third-order valence-electron chi connectivity index (χ3n) is 7.98. The number of nitriles is 1. The van der Waals surface area contributed by atoms with Gasteiger partial charge in [0.1, 0.15) is 5.75 Å². The highest BCUT2D eigenvalue weighted by Gasteiger charge is 2.39. The Balaban J connectivity index is 1.85. The second-order valence-corrected chi connectivity index (χ2v) is 13.9. The van der Waals surface area contributed by atoms with Crippen molar-refractivity contribution in [1.29, 1.82) is 5.26 Å². The Morgan fingerprint density at radius 3 is 2.62 bits per heavy atom. The van der Waals surface area contributed by atoms with Crippen LogP contribution in [0.4, 0.5) is 11.4 Å². The van der Waals surface area contributed by atoms with Gasteiger partial charge in [-0.1, -0.05) is 32.4 Å². The summed E-state index contributed by atoms with van der Waals surface area (Å²) in [4.78, 5) is 13.6. The molecule has 8 nitrogen and oxygen atoms in total. The van der Waals surface area contributed by atoms with Gasteiger partial charge in [0.2, 0.25) is 10.0 Å². The Kier molecular flexibility index (Phi) is 10.1. The minimum Gasteiger partial charge on any atom is -0.497 e. The maximum Gasteiger partial charge on any atom is 0.234 e. The van der Waals surface area contributed by atoms with Crippen LogP contribution in [0.1, 0.15) is 69.9 Å². The Bertz CT molecular complexity index is 1580. The predicted octanol–water partition coefficient (Wildman–Crippen LogP) is 6.76. The maximum absolute atomic E-state index is 13.6. The Labute approximate surface area is 258 Å². The van der Waals surface area contributed by atoms with Gasteiger partial charge in [0.05, 0.1) is 41.8 Å². The molecule has 224 valence electrons. The Morgan fingerprint density at radius 2 is 1.95 bits per heavy atom. The van der Waals surface area contributed by atoms with Gasteiger partial charge in [0.25, 0.3) is 0 Å².